The fourth-order valence-corrected chi connectivity index (χ4v) is 5.51. The summed E-state index contributed by atoms with van der Waals surface area (Å²) in [6.07, 6.45) is -5.68. The smallest absolute Gasteiger partial charge is 0.416 e. The zero-order valence-corrected chi connectivity index (χ0v) is 22.0. The van der Waals surface area contributed by atoms with Gasteiger partial charge in [-0.3, -0.25) is 9.10 Å². The van der Waals surface area contributed by atoms with Crippen molar-refractivity contribution >= 4 is 21.6 Å². The van der Waals surface area contributed by atoms with Crippen LogP contribution in [0.4, 0.5) is 27.6 Å². The number of carbonyl (C=O) groups excluding carboxylic acids is 1. The van der Waals surface area contributed by atoms with E-state index in [1.807, 2.05) is 0 Å². The summed E-state index contributed by atoms with van der Waals surface area (Å²) in [4.78, 5) is 11.8. The van der Waals surface area contributed by atoms with Crippen LogP contribution in [0.3, 0.4) is 0 Å². The number of nitrogens with one attached hydrogen (secondary N) is 1. The fourth-order valence-electron chi connectivity index (χ4n) is 3.96. The number of anilines is 1. The Hall–Kier alpha value is -3.67. The molecule has 0 unspecified atom stereocenters. The molecule has 0 bridgehead atoms. The molecule has 0 fully saturated rings. The molecular formula is C27H25F5N2O4S. The van der Waals surface area contributed by atoms with Gasteiger partial charge >= 0.3 is 6.18 Å². The van der Waals surface area contributed by atoms with E-state index < -0.39 is 49.8 Å². The molecule has 0 saturated carbocycles. The van der Waals surface area contributed by atoms with Gasteiger partial charge in [0, 0.05) is 11.0 Å². The van der Waals surface area contributed by atoms with Crippen molar-refractivity contribution in [3.63, 3.8) is 0 Å². The Morgan fingerprint density at radius 2 is 1.74 bits per heavy atom. The van der Waals surface area contributed by atoms with Crippen LogP contribution in [-0.2, 0) is 21.0 Å². The summed E-state index contributed by atoms with van der Waals surface area (Å²) < 4.78 is 103. The zero-order valence-electron chi connectivity index (χ0n) is 21.1. The summed E-state index contributed by atoms with van der Waals surface area (Å²) in [6.45, 7) is 4.61. The van der Waals surface area contributed by atoms with Crippen molar-refractivity contribution in [2.24, 2.45) is 5.41 Å². The number of rotatable bonds is 5. The van der Waals surface area contributed by atoms with E-state index in [2.05, 4.69) is 5.32 Å². The van der Waals surface area contributed by atoms with Gasteiger partial charge in [-0.1, -0.05) is 32.9 Å². The molecule has 1 heterocycles. The molecule has 0 radical (unpaired) electrons. The predicted octanol–water partition coefficient (Wildman–Crippen LogP) is 5.77. The topological polar surface area (TPSA) is 75.7 Å². The third-order valence-electron chi connectivity index (χ3n) is 6.05. The molecule has 1 aliphatic rings. The second kappa shape index (κ2) is 10.1. The van der Waals surface area contributed by atoms with Crippen molar-refractivity contribution in [1.82, 2.24) is 5.32 Å². The van der Waals surface area contributed by atoms with Gasteiger partial charge in [0.05, 0.1) is 29.2 Å². The number of fused-ring (bicyclic) bond motifs is 1. The standard InChI is InChI=1S/C27H25F5N2O4S/c1-26(2,3)25(35)33-14-19-15-34(39(36,37)20-6-4-5-17(12-20)27(30,31)32)23-11-16(7-10-24(23)38-19)21-13-18(28)8-9-22(21)29/h4-13,19H,14-15H2,1-3H3,(H,33,35)/t19-/m0/s1. The number of alkyl halides is 3. The van der Waals surface area contributed by atoms with Crippen LogP contribution in [0.25, 0.3) is 11.1 Å². The van der Waals surface area contributed by atoms with Crippen molar-refractivity contribution in [2.75, 3.05) is 17.4 Å². The van der Waals surface area contributed by atoms with Gasteiger partial charge < -0.3 is 10.1 Å². The number of carbonyl (C=O) groups is 1. The lowest BCUT2D eigenvalue weighted by Crippen LogP contribution is -2.49. The molecule has 3 aromatic rings. The number of hydrogen-bond donors (Lipinski definition) is 1. The van der Waals surface area contributed by atoms with Crippen LogP contribution in [0.1, 0.15) is 26.3 Å². The van der Waals surface area contributed by atoms with Crippen LogP contribution in [0, 0.1) is 17.0 Å². The molecule has 1 atom stereocenters. The van der Waals surface area contributed by atoms with E-state index in [0.29, 0.717) is 6.07 Å². The summed E-state index contributed by atoms with van der Waals surface area (Å²) in [7, 11) is -4.60. The fraction of sp³-hybridized carbons (Fsp3) is 0.296. The van der Waals surface area contributed by atoms with Gasteiger partial charge in [0.25, 0.3) is 10.0 Å². The van der Waals surface area contributed by atoms with Crippen LogP contribution >= 0.6 is 0 Å². The SMILES string of the molecule is CC(C)(C)C(=O)NC[C@H]1CN(S(=O)(=O)c2cccc(C(F)(F)F)c2)c2cc(-c3cc(F)ccc3F)ccc2O1. The molecule has 0 aliphatic carbocycles. The maximum Gasteiger partial charge on any atom is 0.416 e. The molecule has 4 rings (SSSR count). The number of hydrogen-bond acceptors (Lipinski definition) is 4. The Labute approximate surface area is 222 Å². The van der Waals surface area contributed by atoms with Crippen molar-refractivity contribution in [3.05, 3.63) is 77.9 Å². The molecule has 12 heteroatoms. The first kappa shape index (κ1) is 28.3. The molecule has 208 valence electrons. The van der Waals surface area contributed by atoms with Gasteiger partial charge in [0.15, 0.2) is 0 Å². The molecule has 0 spiro atoms. The van der Waals surface area contributed by atoms with Crippen LogP contribution < -0.4 is 14.4 Å². The maximum atomic E-state index is 14.5. The zero-order chi connectivity index (χ0) is 28.8. The summed E-state index contributed by atoms with van der Waals surface area (Å²) in [5.41, 5.74) is -1.99. The number of ether oxygens (including phenoxy) is 1. The third kappa shape index (κ3) is 6.00. The first-order valence-corrected chi connectivity index (χ1v) is 13.3. The van der Waals surface area contributed by atoms with E-state index >= 15 is 0 Å². The van der Waals surface area contributed by atoms with E-state index in [9.17, 15) is 35.2 Å². The van der Waals surface area contributed by atoms with Crippen molar-refractivity contribution < 1.29 is 39.9 Å². The quantitative estimate of drug-likeness (QED) is 0.397. The molecular weight excluding hydrogens is 543 g/mol. The second-order valence-electron chi connectivity index (χ2n) is 10.1. The molecule has 0 aromatic heterocycles. The number of nitrogens with zero attached hydrogens (tertiary/aromatic N) is 1. The van der Waals surface area contributed by atoms with E-state index in [-0.39, 0.29) is 41.6 Å². The molecule has 1 N–H and O–H groups in total. The molecule has 0 saturated heterocycles. The normalized spacial score (nSPS) is 15.9. The summed E-state index contributed by atoms with van der Waals surface area (Å²) in [6, 6.07) is 10.1. The van der Waals surface area contributed by atoms with E-state index in [1.54, 1.807) is 20.8 Å². The minimum Gasteiger partial charge on any atom is -0.484 e. The Balaban J connectivity index is 1.80. The van der Waals surface area contributed by atoms with Gasteiger partial charge in [-0.05, 0) is 54.1 Å². The van der Waals surface area contributed by atoms with Gasteiger partial charge in [0.1, 0.15) is 23.5 Å². The van der Waals surface area contributed by atoms with Gasteiger partial charge in [-0.2, -0.15) is 13.2 Å². The monoisotopic (exact) mass is 568 g/mol. The maximum absolute atomic E-state index is 14.5. The Kier molecular flexibility index (Phi) is 7.37. The predicted molar refractivity (Wildman–Crippen MR) is 135 cm³/mol. The first-order valence-electron chi connectivity index (χ1n) is 11.8. The third-order valence-corrected chi connectivity index (χ3v) is 7.83. The minimum absolute atomic E-state index is 0.0346. The van der Waals surface area contributed by atoms with Crippen LogP contribution in [0.2, 0.25) is 0 Å². The summed E-state index contributed by atoms with van der Waals surface area (Å²) >= 11 is 0. The lowest BCUT2D eigenvalue weighted by Gasteiger charge is -2.36. The van der Waals surface area contributed by atoms with E-state index in [1.165, 1.54) is 18.2 Å². The highest BCUT2D eigenvalue weighted by atomic mass is 32.2. The van der Waals surface area contributed by atoms with Gasteiger partial charge in [0.2, 0.25) is 5.91 Å². The highest BCUT2D eigenvalue weighted by Crippen LogP contribution is 2.41. The summed E-state index contributed by atoms with van der Waals surface area (Å²) in [5.74, 6) is -1.76. The van der Waals surface area contributed by atoms with Crippen LogP contribution in [0.15, 0.2) is 65.6 Å². The van der Waals surface area contributed by atoms with Gasteiger partial charge in [-0.25, -0.2) is 17.2 Å². The molecule has 6 nitrogen and oxygen atoms in total. The Morgan fingerprint density at radius 1 is 1.03 bits per heavy atom. The van der Waals surface area contributed by atoms with Crippen LogP contribution in [-0.4, -0.2) is 33.5 Å². The molecule has 1 aliphatic heterocycles. The van der Waals surface area contributed by atoms with Gasteiger partial charge in [-0.15, -0.1) is 0 Å². The average molecular weight is 569 g/mol. The highest BCUT2D eigenvalue weighted by Gasteiger charge is 2.37. The molecule has 39 heavy (non-hydrogen) atoms. The number of sulfonamides is 1. The number of halogens is 5. The highest BCUT2D eigenvalue weighted by molar-refractivity contribution is 7.92. The van der Waals surface area contributed by atoms with E-state index in [4.69, 9.17) is 4.74 Å². The van der Waals surface area contributed by atoms with Crippen molar-refractivity contribution in [3.8, 4) is 16.9 Å². The Morgan fingerprint density at radius 3 is 2.41 bits per heavy atom. The van der Waals surface area contributed by atoms with Crippen molar-refractivity contribution in [1.29, 1.82) is 0 Å². The molecule has 3 aromatic carbocycles. The lowest BCUT2D eigenvalue weighted by atomic mass is 9.95. The number of benzene rings is 3. The first-order chi connectivity index (χ1) is 18.1. The Bertz CT molecular complexity index is 1520. The minimum atomic E-state index is -4.78. The van der Waals surface area contributed by atoms with E-state index in [0.717, 1.165) is 40.7 Å². The van der Waals surface area contributed by atoms with Crippen molar-refractivity contribution in [2.45, 2.75) is 37.9 Å². The lowest BCUT2D eigenvalue weighted by molar-refractivity contribution is -0.137. The number of amides is 1. The van der Waals surface area contributed by atoms with Crippen LogP contribution in [0.5, 0.6) is 5.75 Å². The average Bonchev–Trinajstić information content (AvgIpc) is 2.86. The largest absolute Gasteiger partial charge is 0.484 e. The second-order valence-corrected chi connectivity index (χ2v) is 11.9. The summed E-state index contributed by atoms with van der Waals surface area (Å²) in [5, 5.41) is 2.69. The molecule has 1 amide bonds.